The molecule has 0 saturated heterocycles. The first kappa shape index (κ1) is 16.0. The second-order valence-electron chi connectivity index (χ2n) is 4.67. The summed E-state index contributed by atoms with van der Waals surface area (Å²) in [5.74, 6) is -0.164. The Balaban J connectivity index is 2.61. The van der Waals surface area contributed by atoms with Crippen LogP contribution >= 0.6 is 0 Å². The van der Waals surface area contributed by atoms with Crippen molar-refractivity contribution in [2.45, 2.75) is 33.2 Å². The van der Waals surface area contributed by atoms with Crippen LogP contribution in [0.5, 0.6) is 0 Å². The van der Waals surface area contributed by atoms with Crippen LogP contribution in [0, 0.1) is 0 Å². The molecular weight excluding hydrogens is 254 g/mol. The Bertz CT molecular complexity index is 460. The van der Waals surface area contributed by atoms with Gasteiger partial charge in [-0.1, -0.05) is 13.0 Å². The van der Waals surface area contributed by atoms with Gasteiger partial charge in [0.1, 0.15) is 0 Å². The number of anilines is 1. The molecule has 20 heavy (non-hydrogen) atoms. The Kier molecular flexibility index (Phi) is 6.56. The highest BCUT2D eigenvalue weighted by Gasteiger charge is 2.09. The average molecular weight is 277 g/mol. The van der Waals surface area contributed by atoms with Gasteiger partial charge >= 0.3 is 0 Å². The molecule has 3 N–H and O–H groups in total. The third-order valence-corrected chi connectivity index (χ3v) is 2.94. The molecule has 5 heteroatoms. The van der Waals surface area contributed by atoms with Gasteiger partial charge in [-0.15, -0.1) is 0 Å². The third-order valence-electron chi connectivity index (χ3n) is 2.94. The molecule has 1 atom stereocenters. The number of hydrogen-bond acceptors (Lipinski definition) is 3. The van der Waals surface area contributed by atoms with E-state index < -0.39 is 0 Å². The van der Waals surface area contributed by atoms with Crippen molar-refractivity contribution in [1.82, 2.24) is 10.6 Å². The lowest BCUT2D eigenvalue weighted by Gasteiger charge is -2.12. The van der Waals surface area contributed by atoms with E-state index in [0.717, 1.165) is 12.1 Å². The van der Waals surface area contributed by atoms with Gasteiger partial charge in [-0.05, 0) is 38.5 Å². The zero-order chi connectivity index (χ0) is 15.0. The average Bonchev–Trinajstić information content (AvgIpc) is 2.45. The van der Waals surface area contributed by atoms with Gasteiger partial charge in [-0.2, -0.15) is 0 Å². The Morgan fingerprint density at radius 1 is 1.25 bits per heavy atom. The maximum absolute atomic E-state index is 12.0. The summed E-state index contributed by atoms with van der Waals surface area (Å²) in [7, 11) is 0. The van der Waals surface area contributed by atoms with Gasteiger partial charge in [0.15, 0.2) is 0 Å². The quantitative estimate of drug-likeness (QED) is 0.711. The highest BCUT2D eigenvalue weighted by atomic mass is 16.2. The van der Waals surface area contributed by atoms with Crippen LogP contribution < -0.4 is 16.0 Å². The molecule has 0 radical (unpaired) electrons. The number of nitrogens with one attached hydrogen (secondary N) is 3. The van der Waals surface area contributed by atoms with Gasteiger partial charge in [0.2, 0.25) is 5.91 Å². The molecule has 0 bridgehead atoms. The van der Waals surface area contributed by atoms with Crippen LogP contribution in [0.1, 0.15) is 37.6 Å². The molecule has 1 aromatic rings. The topological polar surface area (TPSA) is 70.2 Å². The molecule has 110 valence electrons. The molecule has 0 spiro atoms. The van der Waals surface area contributed by atoms with Crippen molar-refractivity contribution in [3.63, 3.8) is 0 Å². The summed E-state index contributed by atoms with van der Waals surface area (Å²) in [6.07, 6.45) is 0.890. The Morgan fingerprint density at radius 3 is 2.65 bits per heavy atom. The van der Waals surface area contributed by atoms with Gasteiger partial charge in [-0.3, -0.25) is 9.59 Å². The van der Waals surface area contributed by atoms with Crippen molar-refractivity contribution in [3.8, 4) is 0 Å². The minimum atomic E-state index is -0.0963. The summed E-state index contributed by atoms with van der Waals surface area (Å²) in [6, 6.07) is 7.28. The van der Waals surface area contributed by atoms with Crippen LogP contribution in [-0.2, 0) is 4.79 Å². The maximum Gasteiger partial charge on any atom is 0.251 e. The van der Waals surface area contributed by atoms with E-state index in [1.165, 1.54) is 0 Å². The van der Waals surface area contributed by atoms with E-state index in [2.05, 4.69) is 16.0 Å². The smallest absolute Gasteiger partial charge is 0.251 e. The first-order chi connectivity index (χ1) is 9.56. The lowest BCUT2D eigenvalue weighted by atomic mass is 10.1. The monoisotopic (exact) mass is 277 g/mol. The third kappa shape index (κ3) is 5.30. The van der Waals surface area contributed by atoms with E-state index in [9.17, 15) is 9.59 Å². The number of carbonyl (C=O) groups excluding carboxylic acids is 2. The van der Waals surface area contributed by atoms with Crippen molar-refractivity contribution in [2.24, 2.45) is 0 Å². The van der Waals surface area contributed by atoms with Crippen LogP contribution in [0.25, 0.3) is 0 Å². The summed E-state index contributed by atoms with van der Waals surface area (Å²) < 4.78 is 0. The summed E-state index contributed by atoms with van der Waals surface area (Å²) >= 11 is 0. The first-order valence-corrected chi connectivity index (χ1v) is 6.98. The lowest BCUT2D eigenvalue weighted by molar-refractivity contribution is -0.119. The SMILES string of the molecule is CCNC(=O)CNc1cccc(C(=O)NC(C)CC)c1. The van der Waals surface area contributed by atoms with E-state index in [-0.39, 0.29) is 24.4 Å². The molecule has 0 aliphatic rings. The van der Waals surface area contributed by atoms with Gasteiger partial charge in [0.25, 0.3) is 5.91 Å². The van der Waals surface area contributed by atoms with E-state index in [1.807, 2.05) is 26.8 Å². The molecule has 1 aromatic carbocycles. The second kappa shape index (κ2) is 8.19. The van der Waals surface area contributed by atoms with Crippen LogP contribution in [0.15, 0.2) is 24.3 Å². The van der Waals surface area contributed by atoms with Crippen LogP contribution in [0.3, 0.4) is 0 Å². The fraction of sp³-hybridized carbons (Fsp3) is 0.467. The second-order valence-corrected chi connectivity index (χ2v) is 4.67. The Morgan fingerprint density at radius 2 is 2.00 bits per heavy atom. The van der Waals surface area contributed by atoms with Crippen molar-refractivity contribution in [1.29, 1.82) is 0 Å². The van der Waals surface area contributed by atoms with Gasteiger partial charge in [0.05, 0.1) is 6.54 Å². The number of benzene rings is 1. The largest absolute Gasteiger partial charge is 0.376 e. The minimum Gasteiger partial charge on any atom is -0.376 e. The van der Waals surface area contributed by atoms with E-state index in [1.54, 1.807) is 18.2 Å². The van der Waals surface area contributed by atoms with Gasteiger partial charge in [-0.25, -0.2) is 0 Å². The Hall–Kier alpha value is -2.04. The number of likely N-dealkylation sites (N-methyl/N-ethyl adjacent to an activating group) is 1. The highest BCUT2D eigenvalue weighted by molar-refractivity contribution is 5.95. The summed E-state index contributed by atoms with van der Waals surface area (Å²) in [5.41, 5.74) is 1.35. The van der Waals surface area contributed by atoms with Crippen LogP contribution in [-0.4, -0.2) is 30.9 Å². The predicted octanol–water partition coefficient (Wildman–Crippen LogP) is 1.76. The van der Waals surface area contributed by atoms with E-state index >= 15 is 0 Å². The van der Waals surface area contributed by atoms with E-state index in [0.29, 0.717) is 12.1 Å². The summed E-state index contributed by atoms with van der Waals surface area (Å²) in [4.78, 5) is 23.4. The van der Waals surface area contributed by atoms with Crippen molar-refractivity contribution < 1.29 is 9.59 Å². The predicted molar refractivity (Wildman–Crippen MR) is 80.8 cm³/mol. The zero-order valence-electron chi connectivity index (χ0n) is 12.3. The molecule has 0 aliphatic carbocycles. The highest BCUT2D eigenvalue weighted by Crippen LogP contribution is 2.10. The van der Waals surface area contributed by atoms with Crippen LogP contribution in [0.2, 0.25) is 0 Å². The van der Waals surface area contributed by atoms with Crippen molar-refractivity contribution in [2.75, 3.05) is 18.4 Å². The molecular formula is C15H23N3O2. The number of amides is 2. The molecule has 5 nitrogen and oxygen atoms in total. The molecule has 2 amide bonds. The molecule has 0 heterocycles. The first-order valence-electron chi connectivity index (χ1n) is 6.98. The molecule has 0 aromatic heterocycles. The number of carbonyl (C=O) groups is 2. The van der Waals surface area contributed by atoms with Gasteiger partial charge < -0.3 is 16.0 Å². The summed E-state index contributed by atoms with van der Waals surface area (Å²) in [5, 5.41) is 8.62. The molecule has 1 rings (SSSR count). The van der Waals surface area contributed by atoms with Crippen molar-refractivity contribution in [3.05, 3.63) is 29.8 Å². The number of rotatable bonds is 7. The lowest BCUT2D eigenvalue weighted by Crippen LogP contribution is -2.32. The minimum absolute atomic E-state index is 0.0676. The fourth-order valence-electron chi connectivity index (χ4n) is 1.62. The molecule has 0 saturated carbocycles. The molecule has 0 aliphatic heterocycles. The Labute approximate surface area is 120 Å². The van der Waals surface area contributed by atoms with Gasteiger partial charge in [0, 0.05) is 23.8 Å². The summed E-state index contributed by atoms with van der Waals surface area (Å²) in [6.45, 7) is 6.67. The number of hydrogen-bond donors (Lipinski definition) is 3. The molecule has 0 fully saturated rings. The maximum atomic E-state index is 12.0. The molecule has 1 unspecified atom stereocenters. The normalized spacial score (nSPS) is 11.6. The zero-order valence-corrected chi connectivity index (χ0v) is 12.3. The van der Waals surface area contributed by atoms with E-state index in [4.69, 9.17) is 0 Å². The standard InChI is InChI=1S/C15H23N3O2/c1-4-11(3)18-15(20)12-7-6-8-13(9-12)17-10-14(19)16-5-2/h6-9,11,17H,4-5,10H2,1-3H3,(H,16,19)(H,18,20). The van der Waals surface area contributed by atoms with Crippen molar-refractivity contribution >= 4 is 17.5 Å². The van der Waals surface area contributed by atoms with Crippen LogP contribution in [0.4, 0.5) is 5.69 Å². The fourth-order valence-corrected chi connectivity index (χ4v) is 1.62.